The van der Waals surface area contributed by atoms with Crippen LogP contribution in [0, 0.1) is 6.92 Å². The van der Waals surface area contributed by atoms with Crippen molar-refractivity contribution in [2.24, 2.45) is 0 Å². The summed E-state index contributed by atoms with van der Waals surface area (Å²) in [5.41, 5.74) is 1.88. The van der Waals surface area contributed by atoms with E-state index in [1.54, 1.807) is 0 Å². The van der Waals surface area contributed by atoms with Crippen molar-refractivity contribution in [3.63, 3.8) is 0 Å². The molecule has 0 radical (unpaired) electrons. The second-order valence-electron chi connectivity index (χ2n) is 5.51. The summed E-state index contributed by atoms with van der Waals surface area (Å²) in [4.78, 5) is 0. The normalized spacial score (nSPS) is 31.6. The van der Waals surface area contributed by atoms with Gasteiger partial charge in [0.1, 0.15) is 11.4 Å². The van der Waals surface area contributed by atoms with Crippen LogP contribution >= 0.6 is 0 Å². The molecule has 0 amide bonds. The molecule has 1 aromatic rings. The van der Waals surface area contributed by atoms with E-state index in [1.807, 2.05) is 25.1 Å². The number of hydrogen-bond acceptors (Lipinski definition) is 3. The van der Waals surface area contributed by atoms with Crippen LogP contribution in [0.4, 0.5) is 0 Å². The second kappa shape index (κ2) is 4.56. The Hall–Kier alpha value is -1.06. The van der Waals surface area contributed by atoms with Gasteiger partial charge in [-0.2, -0.15) is 0 Å². The molecular weight excluding hydrogens is 228 g/mol. The molecule has 3 heteroatoms. The van der Waals surface area contributed by atoms with Gasteiger partial charge in [0.05, 0.1) is 12.7 Å². The van der Waals surface area contributed by atoms with E-state index in [1.165, 1.54) is 0 Å². The molecule has 1 N–H and O–H groups in total. The zero-order chi connectivity index (χ0) is 12.6. The summed E-state index contributed by atoms with van der Waals surface area (Å²) in [6.07, 6.45) is 3.13. The van der Waals surface area contributed by atoms with Crippen LogP contribution in [0.5, 0.6) is 5.75 Å². The van der Waals surface area contributed by atoms with Gasteiger partial charge in [0.2, 0.25) is 0 Å². The van der Waals surface area contributed by atoms with E-state index in [9.17, 15) is 5.11 Å². The van der Waals surface area contributed by atoms with Gasteiger partial charge < -0.3 is 14.6 Å². The molecule has 2 unspecified atom stereocenters. The van der Waals surface area contributed by atoms with E-state index in [0.717, 1.165) is 49.4 Å². The molecular formula is C15H20O3. The molecule has 3 rings (SSSR count). The Labute approximate surface area is 108 Å². The first-order valence-electron chi connectivity index (χ1n) is 6.74. The fraction of sp³-hybridized carbons (Fsp3) is 0.600. The average Bonchev–Trinajstić information content (AvgIpc) is 2.56. The molecule has 2 aliphatic rings. The zero-order valence-corrected chi connectivity index (χ0v) is 10.8. The molecule has 0 saturated carbocycles. The summed E-state index contributed by atoms with van der Waals surface area (Å²) in [5.74, 6) is 0.848. The van der Waals surface area contributed by atoms with Crippen molar-refractivity contribution < 1.29 is 14.6 Å². The van der Waals surface area contributed by atoms with Gasteiger partial charge >= 0.3 is 0 Å². The highest BCUT2D eigenvalue weighted by atomic mass is 16.5. The Morgan fingerprint density at radius 3 is 3.06 bits per heavy atom. The fourth-order valence-electron chi connectivity index (χ4n) is 3.05. The number of ether oxygens (including phenoxy) is 2. The number of hydrogen-bond donors (Lipinski definition) is 1. The molecule has 2 aliphatic heterocycles. The lowest BCUT2D eigenvalue weighted by molar-refractivity contribution is -0.0272. The van der Waals surface area contributed by atoms with Crippen molar-refractivity contribution in [1.29, 1.82) is 0 Å². The molecule has 1 saturated heterocycles. The molecule has 1 fully saturated rings. The van der Waals surface area contributed by atoms with Gasteiger partial charge in [-0.1, -0.05) is 11.6 Å². The Morgan fingerprint density at radius 2 is 2.17 bits per heavy atom. The highest BCUT2D eigenvalue weighted by Gasteiger charge is 2.40. The summed E-state index contributed by atoms with van der Waals surface area (Å²) < 4.78 is 11.7. The van der Waals surface area contributed by atoms with Gasteiger partial charge in [-0.25, -0.2) is 0 Å². The lowest BCUT2D eigenvalue weighted by Gasteiger charge is -2.40. The monoisotopic (exact) mass is 248 g/mol. The molecule has 0 aliphatic carbocycles. The summed E-state index contributed by atoms with van der Waals surface area (Å²) in [6, 6.07) is 6.05. The maximum atomic E-state index is 10.4. The standard InChI is InChI=1S/C15H20O3/c1-11-3-4-14-12(9-11)13(16)10-15(18-14)5-2-7-17-8-6-15/h3-4,9,13,16H,2,5-8,10H2,1H3. The zero-order valence-electron chi connectivity index (χ0n) is 10.8. The molecule has 0 aromatic heterocycles. The predicted octanol–water partition coefficient (Wildman–Crippen LogP) is 2.75. The van der Waals surface area contributed by atoms with Crippen molar-refractivity contribution in [3.8, 4) is 5.75 Å². The minimum atomic E-state index is -0.410. The molecule has 18 heavy (non-hydrogen) atoms. The van der Waals surface area contributed by atoms with Crippen LogP contribution in [0.15, 0.2) is 18.2 Å². The smallest absolute Gasteiger partial charge is 0.125 e. The number of fused-ring (bicyclic) bond motifs is 1. The molecule has 0 bridgehead atoms. The Morgan fingerprint density at radius 1 is 1.28 bits per heavy atom. The predicted molar refractivity (Wildman–Crippen MR) is 68.8 cm³/mol. The Bertz CT molecular complexity index is 433. The van der Waals surface area contributed by atoms with Gasteiger partial charge in [0.15, 0.2) is 0 Å². The first-order valence-corrected chi connectivity index (χ1v) is 6.74. The third-order valence-corrected chi connectivity index (χ3v) is 4.04. The lowest BCUT2D eigenvalue weighted by Crippen LogP contribution is -2.41. The Kier molecular flexibility index (Phi) is 3.04. The number of aryl methyl sites for hydroxylation is 1. The maximum Gasteiger partial charge on any atom is 0.125 e. The van der Waals surface area contributed by atoms with E-state index in [0.29, 0.717) is 6.42 Å². The quantitative estimate of drug-likeness (QED) is 0.767. The first kappa shape index (κ1) is 12.0. The molecule has 3 nitrogen and oxygen atoms in total. The Balaban J connectivity index is 1.92. The highest BCUT2D eigenvalue weighted by molar-refractivity contribution is 5.40. The van der Waals surface area contributed by atoms with Crippen LogP contribution in [0.2, 0.25) is 0 Å². The number of aliphatic hydroxyl groups excluding tert-OH is 1. The van der Waals surface area contributed by atoms with E-state index >= 15 is 0 Å². The van der Waals surface area contributed by atoms with Crippen molar-refractivity contribution in [3.05, 3.63) is 29.3 Å². The van der Waals surface area contributed by atoms with Gasteiger partial charge in [0.25, 0.3) is 0 Å². The molecule has 2 atom stereocenters. The third kappa shape index (κ3) is 2.13. The molecule has 1 spiro atoms. The minimum absolute atomic E-state index is 0.224. The van der Waals surface area contributed by atoms with Gasteiger partial charge in [-0.3, -0.25) is 0 Å². The van der Waals surface area contributed by atoms with E-state index in [-0.39, 0.29) is 5.60 Å². The molecule has 98 valence electrons. The number of aliphatic hydroxyl groups is 1. The fourth-order valence-corrected chi connectivity index (χ4v) is 3.05. The number of benzene rings is 1. The van der Waals surface area contributed by atoms with Gasteiger partial charge in [-0.05, 0) is 31.9 Å². The number of rotatable bonds is 0. The second-order valence-corrected chi connectivity index (χ2v) is 5.51. The molecule has 2 heterocycles. The van der Waals surface area contributed by atoms with Crippen LogP contribution in [0.1, 0.15) is 42.9 Å². The summed E-state index contributed by atoms with van der Waals surface area (Å²) in [7, 11) is 0. The summed E-state index contributed by atoms with van der Waals surface area (Å²) in [6.45, 7) is 3.58. The minimum Gasteiger partial charge on any atom is -0.487 e. The van der Waals surface area contributed by atoms with E-state index in [4.69, 9.17) is 9.47 Å². The van der Waals surface area contributed by atoms with Crippen LogP contribution in [0.25, 0.3) is 0 Å². The molecule has 1 aromatic carbocycles. The average molecular weight is 248 g/mol. The summed E-state index contributed by atoms with van der Waals surface area (Å²) in [5, 5.41) is 10.4. The van der Waals surface area contributed by atoms with Crippen molar-refractivity contribution >= 4 is 0 Å². The van der Waals surface area contributed by atoms with Crippen LogP contribution in [-0.2, 0) is 4.74 Å². The van der Waals surface area contributed by atoms with Crippen LogP contribution in [0.3, 0.4) is 0 Å². The maximum absolute atomic E-state index is 10.4. The lowest BCUT2D eigenvalue weighted by atomic mass is 9.83. The van der Waals surface area contributed by atoms with Gasteiger partial charge in [0, 0.05) is 25.0 Å². The summed E-state index contributed by atoms with van der Waals surface area (Å²) >= 11 is 0. The van der Waals surface area contributed by atoms with Crippen molar-refractivity contribution in [2.45, 2.75) is 44.3 Å². The van der Waals surface area contributed by atoms with E-state index in [2.05, 4.69) is 0 Å². The van der Waals surface area contributed by atoms with E-state index < -0.39 is 6.10 Å². The van der Waals surface area contributed by atoms with Gasteiger partial charge in [-0.15, -0.1) is 0 Å². The highest BCUT2D eigenvalue weighted by Crippen LogP contribution is 2.44. The first-order chi connectivity index (χ1) is 8.69. The SMILES string of the molecule is Cc1ccc2c(c1)C(O)CC1(CCCOCC1)O2. The largest absolute Gasteiger partial charge is 0.487 e. The third-order valence-electron chi connectivity index (χ3n) is 4.04. The van der Waals surface area contributed by atoms with Crippen molar-refractivity contribution in [1.82, 2.24) is 0 Å². The van der Waals surface area contributed by atoms with Crippen LogP contribution < -0.4 is 4.74 Å². The topological polar surface area (TPSA) is 38.7 Å². The van der Waals surface area contributed by atoms with Crippen LogP contribution in [-0.4, -0.2) is 23.9 Å². The van der Waals surface area contributed by atoms with Crippen molar-refractivity contribution in [2.75, 3.05) is 13.2 Å².